The molecule has 0 aliphatic rings. The summed E-state index contributed by atoms with van der Waals surface area (Å²) in [6.45, 7) is 6.14. The molecule has 5 nitrogen and oxygen atoms in total. The number of anilines is 1. The number of hydrogen-bond acceptors (Lipinski definition) is 3. The molecule has 128 valence electrons. The van der Waals surface area contributed by atoms with Crippen LogP contribution in [0.15, 0.2) is 47.4 Å². The molecule has 2 aromatic carbocycles. The zero-order valence-electron chi connectivity index (χ0n) is 14.1. The van der Waals surface area contributed by atoms with Crippen molar-refractivity contribution in [1.29, 1.82) is 0 Å². The molecule has 0 unspecified atom stereocenters. The second kappa shape index (κ2) is 7.59. The minimum absolute atomic E-state index is 0.0872. The first-order valence-corrected chi connectivity index (χ1v) is 9.30. The Morgan fingerprint density at radius 2 is 1.83 bits per heavy atom. The van der Waals surface area contributed by atoms with Crippen LogP contribution in [0.4, 0.5) is 5.69 Å². The number of nitrogens with one attached hydrogen (secondary N) is 2. The highest BCUT2D eigenvalue weighted by Crippen LogP contribution is 2.18. The van der Waals surface area contributed by atoms with Crippen LogP contribution in [0, 0.1) is 13.8 Å². The highest BCUT2D eigenvalue weighted by Gasteiger charge is 2.16. The first kappa shape index (κ1) is 18.2. The van der Waals surface area contributed by atoms with Gasteiger partial charge in [0, 0.05) is 17.8 Å². The summed E-state index contributed by atoms with van der Waals surface area (Å²) in [5.74, 6) is -0.338. The van der Waals surface area contributed by atoms with Crippen LogP contribution in [0.1, 0.15) is 34.8 Å². The zero-order chi connectivity index (χ0) is 17.7. The fourth-order valence-electron chi connectivity index (χ4n) is 2.27. The van der Waals surface area contributed by atoms with Crippen LogP contribution in [0.5, 0.6) is 0 Å². The number of sulfonamides is 1. The molecule has 0 aliphatic heterocycles. The summed E-state index contributed by atoms with van der Waals surface area (Å²) < 4.78 is 26.8. The third-order valence-corrected chi connectivity index (χ3v) is 5.04. The lowest BCUT2D eigenvalue weighted by atomic mass is 10.1. The van der Waals surface area contributed by atoms with E-state index in [1.165, 1.54) is 12.1 Å². The van der Waals surface area contributed by atoms with Gasteiger partial charge in [-0.15, -0.1) is 0 Å². The van der Waals surface area contributed by atoms with Gasteiger partial charge in [0.05, 0.1) is 4.90 Å². The van der Waals surface area contributed by atoms with Crippen molar-refractivity contribution in [2.45, 2.75) is 32.1 Å². The third kappa shape index (κ3) is 4.43. The van der Waals surface area contributed by atoms with E-state index in [4.69, 9.17) is 0 Å². The molecule has 2 aromatic rings. The molecule has 2 rings (SSSR count). The Balaban J connectivity index is 2.23. The van der Waals surface area contributed by atoms with Crippen molar-refractivity contribution in [2.75, 3.05) is 11.9 Å². The molecule has 0 saturated carbocycles. The normalized spacial score (nSPS) is 11.3. The van der Waals surface area contributed by atoms with Crippen LogP contribution < -0.4 is 10.0 Å². The van der Waals surface area contributed by atoms with Gasteiger partial charge in [-0.25, -0.2) is 13.1 Å². The van der Waals surface area contributed by atoms with Crippen LogP contribution in [-0.4, -0.2) is 20.9 Å². The lowest BCUT2D eigenvalue weighted by molar-refractivity contribution is 0.102. The molecule has 0 radical (unpaired) electrons. The average Bonchev–Trinajstić information content (AvgIpc) is 2.55. The quantitative estimate of drug-likeness (QED) is 0.843. The van der Waals surface area contributed by atoms with Gasteiger partial charge in [0.15, 0.2) is 0 Å². The van der Waals surface area contributed by atoms with Crippen molar-refractivity contribution in [2.24, 2.45) is 0 Å². The molecule has 1 amide bonds. The van der Waals surface area contributed by atoms with Gasteiger partial charge < -0.3 is 5.32 Å². The van der Waals surface area contributed by atoms with Gasteiger partial charge in [0.25, 0.3) is 5.91 Å². The molecule has 6 heteroatoms. The minimum Gasteiger partial charge on any atom is -0.322 e. The standard InChI is InChI=1S/C18H22N2O3S/c1-4-10-19-24(22,23)16-7-5-6-15(12-16)18(21)20-17-9-8-13(2)11-14(17)3/h5-9,11-12,19H,4,10H2,1-3H3,(H,20,21). The van der Waals surface area contributed by atoms with Gasteiger partial charge in [0.1, 0.15) is 0 Å². The van der Waals surface area contributed by atoms with E-state index in [2.05, 4.69) is 10.0 Å². The molecule has 0 fully saturated rings. The monoisotopic (exact) mass is 346 g/mol. The van der Waals surface area contributed by atoms with E-state index >= 15 is 0 Å². The summed E-state index contributed by atoms with van der Waals surface area (Å²) in [4.78, 5) is 12.5. The molecule has 2 N–H and O–H groups in total. The summed E-state index contributed by atoms with van der Waals surface area (Å²) in [5, 5.41) is 2.82. The van der Waals surface area contributed by atoms with Crippen molar-refractivity contribution >= 4 is 21.6 Å². The van der Waals surface area contributed by atoms with E-state index in [1.54, 1.807) is 12.1 Å². The lowest BCUT2D eigenvalue weighted by Crippen LogP contribution is -2.24. The highest BCUT2D eigenvalue weighted by molar-refractivity contribution is 7.89. The van der Waals surface area contributed by atoms with E-state index in [1.807, 2.05) is 39.0 Å². The first-order chi connectivity index (χ1) is 11.3. The molecule has 0 atom stereocenters. The second-order valence-corrected chi connectivity index (χ2v) is 7.47. The van der Waals surface area contributed by atoms with Gasteiger partial charge in [-0.05, 0) is 50.1 Å². The summed E-state index contributed by atoms with van der Waals surface area (Å²) >= 11 is 0. The Hall–Kier alpha value is -2.18. The largest absolute Gasteiger partial charge is 0.322 e. The minimum atomic E-state index is -3.60. The number of carbonyl (C=O) groups excluding carboxylic acids is 1. The lowest BCUT2D eigenvalue weighted by Gasteiger charge is -2.10. The Morgan fingerprint density at radius 1 is 1.08 bits per heavy atom. The number of aryl methyl sites for hydroxylation is 2. The SMILES string of the molecule is CCCNS(=O)(=O)c1cccc(C(=O)Nc2ccc(C)cc2C)c1. The fraction of sp³-hybridized carbons (Fsp3) is 0.278. The maximum atomic E-state index is 12.4. The second-order valence-electron chi connectivity index (χ2n) is 5.70. The van der Waals surface area contributed by atoms with Gasteiger partial charge in [-0.1, -0.05) is 30.7 Å². The van der Waals surface area contributed by atoms with Crippen LogP contribution in [0.3, 0.4) is 0 Å². The van der Waals surface area contributed by atoms with Crippen molar-refractivity contribution < 1.29 is 13.2 Å². The Bertz CT molecular complexity index is 845. The molecule has 0 saturated heterocycles. The maximum absolute atomic E-state index is 12.4. The highest BCUT2D eigenvalue weighted by atomic mass is 32.2. The van der Waals surface area contributed by atoms with Crippen molar-refractivity contribution in [1.82, 2.24) is 4.72 Å². The topological polar surface area (TPSA) is 75.3 Å². The van der Waals surface area contributed by atoms with Crippen molar-refractivity contribution in [3.05, 3.63) is 59.2 Å². The number of amides is 1. The predicted molar refractivity (Wildman–Crippen MR) is 95.8 cm³/mol. The summed E-state index contributed by atoms with van der Waals surface area (Å²) in [5.41, 5.74) is 3.08. The molecule has 24 heavy (non-hydrogen) atoms. The Labute approximate surface area is 143 Å². The summed E-state index contributed by atoms with van der Waals surface area (Å²) in [6, 6.07) is 11.8. The Morgan fingerprint density at radius 3 is 2.50 bits per heavy atom. The molecule has 0 heterocycles. The maximum Gasteiger partial charge on any atom is 0.255 e. The number of carbonyl (C=O) groups is 1. The van der Waals surface area contributed by atoms with Crippen LogP contribution >= 0.6 is 0 Å². The molecule has 0 spiro atoms. The molecule has 0 aliphatic carbocycles. The van der Waals surface area contributed by atoms with Gasteiger partial charge in [-0.3, -0.25) is 4.79 Å². The van der Waals surface area contributed by atoms with Crippen LogP contribution in [0.2, 0.25) is 0 Å². The van der Waals surface area contributed by atoms with Crippen molar-refractivity contribution in [3.63, 3.8) is 0 Å². The smallest absolute Gasteiger partial charge is 0.255 e. The molecule has 0 bridgehead atoms. The van der Waals surface area contributed by atoms with Gasteiger partial charge in [-0.2, -0.15) is 0 Å². The molecule has 0 aromatic heterocycles. The van der Waals surface area contributed by atoms with E-state index in [-0.39, 0.29) is 10.8 Å². The van der Waals surface area contributed by atoms with E-state index < -0.39 is 10.0 Å². The number of rotatable bonds is 6. The number of benzene rings is 2. The fourth-order valence-corrected chi connectivity index (χ4v) is 3.45. The predicted octanol–water partition coefficient (Wildman–Crippen LogP) is 3.24. The van der Waals surface area contributed by atoms with Gasteiger partial charge in [0.2, 0.25) is 10.0 Å². The molecular formula is C18H22N2O3S. The van der Waals surface area contributed by atoms with E-state index in [0.29, 0.717) is 24.2 Å². The van der Waals surface area contributed by atoms with Crippen LogP contribution in [0.25, 0.3) is 0 Å². The average molecular weight is 346 g/mol. The Kier molecular flexibility index (Phi) is 5.75. The summed E-state index contributed by atoms with van der Waals surface area (Å²) in [6.07, 6.45) is 0.701. The van der Waals surface area contributed by atoms with Crippen molar-refractivity contribution in [3.8, 4) is 0 Å². The first-order valence-electron chi connectivity index (χ1n) is 7.82. The molecular weight excluding hydrogens is 324 g/mol. The third-order valence-electron chi connectivity index (χ3n) is 3.58. The van der Waals surface area contributed by atoms with E-state index in [9.17, 15) is 13.2 Å². The zero-order valence-corrected chi connectivity index (χ0v) is 14.9. The number of hydrogen-bond donors (Lipinski definition) is 2. The van der Waals surface area contributed by atoms with E-state index in [0.717, 1.165) is 11.1 Å². The summed E-state index contributed by atoms with van der Waals surface area (Å²) in [7, 11) is -3.60. The van der Waals surface area contributed by atoms with Crippen LogP contribution in [-0.2, 0) is 10.0 Å². The van der Waals surface area contributed by atoms with Gasteiger partial charge >= 0.3 is 0 Å².